The van der Waals surface area contributed by atoms with Crippen LogP contribution in [0.1, 0.15) is 91.6 Å². The lowest BCUT2D eigenvalue weighted by atomic mass is 9.81. The molecule has 2 aromatic heterocycles. The molecule has 2 aliphatic heterocycles. The molecule has 0 spiro atoms. The Morgan fingerprint density at radius 3 is 1.67 bits per heavy atom. The van der Waals surface area contributed by atoms with Crippen molar-refractivity contribution in [2.24, 2.45) is 0 Å². The molecule has 2 bridgehead atoms. The van der Waals surface area contributed by atoms with Gasteiger partial charge in [-0.25, -0.2) is 9.97 Å². The van der Waals surface area contributed by atoms with E-state index in [4.69, 9.17) is 4.98 Å². The van der Waals surface area contributed by atoms with Gasteiger partial charge in [0.15, 0.2) is 0 Å². The number of aromatic nitrogens is 4. The Kier molecular flexibility index (Phi) is 6.70. The highest BCUT2D eigenvalue weighted by atomic mass is 16.1. The smallest absolute Gasteiger partial charge is 0.210 e. The van der Waals surface area contributed by atoms with Crippen LogP contribution in [0.15, 0.2) is 73.1 Å². The SMILES string of the molecule is CN1CCC[C@H]1c1ncc(-c2ccc(-c3ccc(-c4ccc(-c5cnc([C@@H]6CCCN6C=O)[nH]5)cc4)c4c3C3CCC4C3)cc2)[nH]1. The average molecular weight is 609 g/mol. The topological polar surface area (TPSA) is 80.9 Å². The van der Waals surface area contributed by atoms with Crippen molar-refractivity contribution in [1.82, 2.24) is 29.7 Å². The number of carbonyl (C=O) groups excluding carboxylic acids is 1. The summed E-state index contributed by atoms with van der Waals surface area (Å²) in [5.74, 6) is 3.26. The van der Waals surface area contributed by atoms with E-state index in [-0.39, 0.29) is 6.04 Å². The summed E-state index contributed by atoms with van der Waals surface area (Å²) >= 11 is 0. The van der Waals surface area contributed by atoms with Gasteiger partial charge >= 0.3 is 0 Å². The Bertz CT molecular complexity index is 1900. The molecule has 7 nitrogen and oxygen atoms in total. The Labute approximate surface area is 270 Å². The molecule has 4 heterocycles. The van der Waals surface area contributed by atoms with E-state index in [0.717, 1.165) is 60.9 Å². The van der Waals surface area contributed by atoms with Crippen LogP contribution in [-0.2, 0) is 4.79 Å². The fourth-order valence-electron chi connectivity index (χ4n) is 8.95. The van der Waals surface area contributed by atoms with Crippen LogP contribution in [0.5, 0.6) is 0 Å². The second-order valence-electron chi connectivity index (χ2n) is 13.9. The monoisotopic (exact) mass is 608 g/mol. The fourth-order valence-corrected chi connectivity index (χ4v) is 8.95. The zero-order valence-electron chi connectivity index (χ0n) is 26.4. The van der Waals surface area contributed by atoms with Crippen LogP contribution in [-0.4, -0.2) is 56.3 Å². The number of carbonyl (C=O) groups is 1. The van der Waals surface area contributed by atoms with Crippen LogP contribution in [0.25, 0.3) is 44.8 Å². The summed E-state index contributed by atoms with van der Waals surface area (Å²) in [6.45, 7) is 1.95. The van der Waals surface area contributed by atoms with Gasteiger partial charge in [0.25, 0.3) is 0 Å². The summed E-state index contributed by atoms with van der Waals surface area (Å²) in [4.78, 5) is 32.2. The molecular formula is C39H40N6O. The van der Waals surface area contributed by atoms with Gasteiger partial charge in [-0.1, -0.05) is 60.7 Å². The van der Waals surface area contributed by atoms with E-state index in [2.05, 4.69) is 87.6 Å². The number of nitrogens with one attached hydrogen (secondary N) is 2. The molecule has 3 aromatic carbocycles. The Morgan fingerprint density at radius 2 is 1.15 bits per heavy atom. The first-order chi connectivity index (χ1) is 22.6. The maximum Gasteiger partial charge on any atom is 0.210 e. The number of aromatic amines is 2. The Hall–Kier alpha value is -4.49. The third-order valence-electron chi connectivity index (χ3n) is 11.3. The normalized spacial score (nSPS) is 23.8. The lowest BCUT2D eigenvalue weighted by Crippen LogP contribution is -2.21. The van der Waals surface area contributed by atoms with E-state index in [1.165, 1.54) is 59.9 Å². The molecule has 0 radical (unpaired) electrons. The van der Waals surface area contributed by atoms with Crippen LogP contribution >= 0.6 is 0 Å². The number of benzene rings is 3. The summed E-state index contributed by atoms with van der Waals surface area (Å²) in [6, 6.07) is 23.2. The van der Waals surface area contributed by atoms with Crippen molar-refractivity contribution in [1.29, 1.82) is 0 Å². The molecule has 9 rings (SSSR count). The molecule has 2 unspecified atom stereocenters. The number of amides is 1. The van der Waals surface area contributed by atoms with Gasteiger partial charge in [0, 0.05) is 6.54 Å². The van der Waals surface area contributed by atoms with Crippen molar-refractivity contribution in [2.45, 2.75) is 68.9 Å². The van der Waals surface area contributed by atoms with Crippen LogP contribution in [0.3, 0.4) is 0 Å². The summed E-state index contributed by atoms with van der Waals surface area (Å²) in [6.07, 6.45) is 13.1. The van der Waals surface area contributed by atoms with Crippen molar-refractivity contribution in [3.05, 3.63) is 95.8 Å². The first-order valence-corrected chi connectivity index (χ1v) is 17.0. The summed E-state index contributed by atoms with van der Waals surface area (Å²) in [5.41, 5.74) is 12.9. The second kappa shape index (κ2) is 11.1. The predicted octanol–water partition coefficient (Wildman–Crippen LogP) is 8.23. The van der Waals surface area contributed by atoms with Gasteiger partial charge in [-0.3, -0.25) is 9.69 Å². The number of nitrogens with zero attached hydrogens (tertiary/aromatic N) is 4. The largest absolute Gasteiger partial charge is 0.341 e. The molecule has 232 valence electrons. The average Bonchev–Trinajstić information content (AvgIpc) is 3.95. The number of rotatable bonds is 7. The number of H-pyrrole nitrogens is 2. The van der Waals surface area contributed by atoms with Gasteiger partial charge in [-0.15, -0.1) is 0 Å². The van der Waals surface area contributed by atoms with Crippen molar-refractivity contribution >= 4 is 6.41 Å². The van der Waals surface area contributed by atoms with E-state index >= 15 is 0 Å². The highest BCUT2D eigenvalue weighted by molar-refractivity contribution is 5.82. The lowest BCUT2D eigenvalue weighted by Gasteiger charge is -2.23. The Balaban J connectivity index is 0.993. The molecule has 4 atom stereocenters. The molecule has 1 saturated carbocycles. The third-order valence-corrected chi connectivity index (χ3v) is 11.3. The summed E-state index contributed by atoms with van der Waals surface area (Å²) < 4.78 is 0. The van der Waals surface area contributed by atoms with Crippen molar-refractivity contribution in [3.63, 3.8) is 0 Å². The lowest BCUT2D eigenvalue weighted by molar-refractivity contribution is -0.119. The maximum absolute atomic E-state index is 11.5. The maximum atomic E-state index is 11.5. The molecule has 5 aromatic rings. The first kappa shape index (κ1) is 27.8. The highest BCUT2D eigenvalue weighted by Crippen LogP contribution is 2.58. The molecule has 2 aliphatic carbocycles. The number of fused-ring (bicyclic) bond motifs is 5. The van der Waals surface area contributed by atoms with E-state index in [9.17, 15) is 4.79 Å². The van der Waals surface area contributed by atoms with Gasteiger partial charge in [-0.2, -0.15) is 0 Å². The van der Waals surface area contributed by atoms with Crippen molar-refractivity contribution in [3.8, 4) is 44.8 Å². The standard InChI is InChI=1S/C39H40N6O/c1-44-18-2-4-34(44)38-40-21-32(42-38)26-10-6-24(7-11-26)30-16-17-31(37-29-15-14-28(20-29)36(30)37)25-8-12-27(13-9-25)33-22-41-39(43-33)35-5-3-19-45(35)23-46/h6-13,16-17,21-23,28-29,34-35H,2-5,14-15,18-20H2,1H3,(H,40,42)(H,41,43)/t28?,29?,34-,35-/m0/s1. The van der Waals surface area contributed by atoms with E-state index < -0.39 is 0 Å². The quantitative estimate of drug-likeness (QED) is 0.182. The summed E-state index contributed by atoms with van der Waals surface area (Å²) in [5, 5.41) is 0. The molecule has 1 amide bonds. The molecule has 3 fully saturated rings. The Morgan fingerprint density at radius 1 is 0.652 bits per heavy atom. The van der Waals surface area contributed by atoms with Gasteiger partial charge in [-0.05, 0) is 115 Å². The van der Waals surface area contributed by atoms with Crippen LogP contribution in [0, 0.1) is 0 Å². The molecule has 4 aliphatic rings. The number of hydrogen-bond donors (Lipinski definition) is 2. The molecule has 2 N–H and O–H groups in total. The van der Waals surface area contributed by atoms with Crippen LogP contribution in [0.4, 0.5) is 0 Å². The minimum atomic E-state index is 0.0560. The molecular weight excluding hydrogens is 568 g/mol. The third kappa shape index (κ3) is 4.55. The highest BCUT2D eigenvalue weighted by Gasteiger charge is 2.40. The number of likely N-dealkylation sites (tertiary alicyclic amines) is 2. The molecule has 7 heteroatoms. The van der Waals surface area contributed by atoms with Crippen molar-refractivity contribution in [2.75, 3.05) is 20.1 Å². The van der Waals surface area contributed by atoms with Gasteiger partial charge < -0.3 is 14.9 Å². The minimum absolute atomic E-state index is 0.0560. The zero-order chi connectivity index (χ0) is 30.8. The first-order valence-electron chi connectivity index (χ1n) is 17.0. The fraction of sp³-hybridized carbons (Fsp3) is 0.359. The number of imidazole rings is 2. The summed E-state index contributed by atoms with van der Waals surface area (Å²) in [7, 11) is 2.19. The van der Waals surface area contributed by atoms with E-state index in [1.807, 2.05) is 17.3 Å². The van der Waals surface area contributed by atoms with Gasteiger partial charge in [0.1, 0.15) is 11.6 Å². The predicted molar refractivity (Wildman–Crippen MR) is 181 cm³/mol. The second-order valence-corrected chi connectivity index (χ2v) is 13.9. The minimum Gasteiger partial charge on any atom is -0.341 e. The van der Waals surface area contributed by atoms with Crippen LogP contribution in [0.2, 0.25) is 0 Å². The zero-order valence-corrected chi connectivity index (χ0v) is 26.4. The molecule has 2 saturated heterocycles. The van der Waals surface area contributed by atoms with Crippen LogP contribution < -0.4 is 0 Å². The van der Waals surface area contributed by atoms with E-state index in [0.29, 0.717) is 17.9 Å². The van der Waals surface area contributed by atoms with Gasteiger partial charge in [0.05, 0.1) is 35.9 Å². The van der Waals surface area contributed by atoms with Crippen molar-refractivity contribution < 1.29 is 4.79 Å². The van der Waals surface area contributed by atoms with E-state index in [1.54, 1.807) is 11.1 Å². The molecule has 46 heavy (non-hydrogen) atoms. The van der Waals surface area contributed by atoms with Gasteiger partial charge in [0.2, 0.25) is 6.41 Å². The number of hydrogen-bond acceptors (Lipinski definition) is 4.